The first-order valence-electron chi connectivity index (χ1n) is 8.13. The maximum atomic E-state index is 12.1. The van der Waals surface area contributed by atoms with Crippen LogP contribution in [0.15, 0.2) is 54.6 Å². The lowest BCUT2D eigenvalue weighted by atomic mass is 10.1. The molecule has 0 radical (unpaired) electrons. The van der Waals surface area contributed by atoms with Gasteiger partial charge in [-0.05, 0) is 29.8 Å². The van der Waals surface area contributed by atoms with Crippen molar-refractivity contribution in [3.05, 3.63) is 60.2 Å². The van der Waals surface area contributed by atoms with E-state index < -0.39 is 0 Å². The molecule has 2 aromatic carbocycles. The van der Waals surface area contributed by atoms with Gasteiger partial charge in [-0.3, -0.25) is 9.59 Å². The molecule has 3 rings (SSSR count). The van der Waals surface area contributed by atoms with Gasteiger partial charge in [0.15, 0.2) is 0 Å². The van der Waals surface area contributed by atoms with Crippen molar-refractivity contribution in [3.8, 4) is 0 Å². The minimum atomic E-state index is -0.0199. The van der Waals surface area contributed by atoms with Crippen LogP contribution in [0.5, 0.6) is 0 Å². The molecular formula is C19H21N3O2. The largest absolute Gasteiger partial charge is 0.368 e. The van der Waals surface area contributed by atoms with Crippen LogP contribution < -0.4 is 10.2 Å². The number of nitrogens with one attached hydrogen (secondary N) is 1. The summed E-state index contributed by atoms with van der Waals surface area (Å²) in [6.07, 6.45) is 1.28. The Kier molecular flexibility index (Phi) is 5.11. The van der Waals surface area contributed by atoms with Crippen LogP contribution in [0.2, 0.25) is 0 Å². The van der Waals surface area contributed by atoms with E-state index in [1.165, 1.54) is 0 Å². The summed E-state index contributed by atoms with van der Waals surface area (Å²) in [5.74, 6) is -0.0199. The molecule has 2 amide bonds. The summed E-state index contributed by atoms with van der Waals surface area (Å²) < 4.78 is 0. The van der Waals surface area contributed by atoms with Crippen LogP contribution >= 0.6 is 0 Å². The molecule has 0 aromatic heterocycles. The third kappa shape index (κ3) is 4.13. The number of anilines is 2. The molecule has 0 spiro atoms. The van der Waals surface area contributed by atoms with E-state index in [1.54, 1.807) is 4.90 Å². The van der Waals surface area contributed by atoms with Gasteiger partial charge in [0.05, 0.1) is 6.42 Å². The van der Waals surface area contributed by atoms with Gasteiger partial charge >= 0.3 is 0 Å². The van der Waals surface area contributed by atoms with Crippen LogP contribution in [0.1, 0.15) is 5.56 Å². The smallest absolute Gasteiger partial charge is 0.228 e. The van der Waals surface area contributed by atoms with E-state index in [0.717, 1.165) is 49.5 Å². The van der Waals surface area contributed by atoms with E-state index in [9.17, 15) is 9.59 Å². The Bertz CT molecular complexity index is 678. The molecular weight excluding hydrogens is 302 g/mol. The molecule has 1 heterocycles. The fourth-order valence-corrected chi connectivity index (χ4v) is 2.83. The van der Waals surface area contributed by atoms with Gasteiger partial charge in [0, 0.05) is 37.6 Å². The van der Waals surface area contributed by atoms with E-state index in [0.29, 0.717) is 6.42 Å². The number of hydrogen-bond acceptors (Lipinski definition) is 3. The molecule has 0 saturated carbocycles. The van der Waals surface area contributed by atoms with Crippen LogP contribution in [0.4, 0.5) is 11.4 Å². The van der Waals surface area contributed by atoms with Gasteiger partial charge in [-0.1, -0.05) is 30.3 Å². The molecule has 1 saturated heterocycles. The maximum absolute atomic E-state index is 12.1. The molecule has 5 nitrogen and oxygen atoms in total. The minimum Gasteiger partial charge on any atom is -0.368 e. The van der Waals surface area contributed by atoms with Crippen molar-refractivity contribution in [1.29, 1.82) is 0 Å². The van der Waals surface area contributed by atoms with Gasteiger partial charge in [-0.2, -0.15) is 0 Å². The topological polar surface area (TPSA) is 52.7 Å². The van der Waals surface area contributed by atoms with Crippen LogP contribution in [-0.4, -0.2) is 43.4 Å². The molecule has 1 fully saturated rings. The van der Waals surface area contributed by atoms with E-state index in [1.807, 2.05) is 54.6 Å². The number of carbonyl (C=O) groups excluding carboxylic acids is 2. The van der Waals surface area contributed by atoms with Crippen molar-refractivity contribution in [2.24, 2.45) is 0 Å². The summed E-state index contributed by atoms with van der Waals surface area (Å²) in [6.45, 7) is 3.16. The molecule has 0 atom stereocenters. The van der Waals surface area contributed by atoms with Gasteiger partial charge in [-0.25, -0.2) is 0 Å². The van der Waals surface area contributed by atoms with Gasteiger partial charge in [0.2, 0.25) is 12.3 Å². The average molecular weight is 323 g/mol. The quantitative estimate of drug-likeness (QED) is 0.858. The SMILES string of the molecule is O=CN1CCN(c2ccc(NC(=O)Cc3ccccc3)cc2)CC1. The highest BCUT2D eigenvalue weighted by Gasteiger charge is 2.15. The Morgan fingerprint density at radius 3 is 2.25 bits per heavy atom. The first kappa shape index (κ1) is 16.1. The zero-order valence-electron chi connectivity index (χ0n) is 13.5. The van der Waals surface area contributed by atoms with E-state index in [-0.39, 0.29) is 5.91 Å². The molecule has 1 aliphatic rings. The number of hydrogen-bond donors (Lipinski definition) is 1. The summed E-state index contributed by atoms with van der Waals surface area (Å²) in [4.78, 5) is 26.9. The molecule has 0 bridgehead atoms. The van der Waals surface area contributed by atoms with Gasteiger partial charge in [0.1, 0.15) is 0 Å². The average Bonchev–Trinajstić information content (AvgIpc) is 2.63. The lowest BCUT2D eigenvalue weighted by Crippen LogP contribution is -2.45. The fourth-order valence-electron chi connectivity index (χ4n) is 2.83. The highest BCUT2D eigenvalue weighted by atomic mass is 16.1. The summed E-state index contributed by atoms with van der Waals surface area (Å²) in [5, 5.41) is 2.92. The third-order valence-corrected chi connectivity index (χ3v) is 4.19. The van der Waals surface area contributed by atoms with Crippen molar-refractivity contribution in [1.82, 2.24) is 4.90 Å². The predicted molar refractivity (Wildman–Crippen MR) is 95.1 cm³/mol. The minimum absolute atomic E-state index is 0.0199. The predicted octanol–water partition coefficient (Wildman–Crippen LogP) is 2.15. The number of benzene rings is 2. The highest BCUT2D eigenvalue weighted by molar-refractivity contribution is 5.92. The zero-order valence-corrected chi connectivity index (χ0v) is 13.5. The Morgan fingerprint density at radius 2 is 1.62 bits per heavy atom. The molecule has 1 aliphatic heterocycles. The van der Waals surface area contributed by atoms with Gasteiger partial charge < -0.3 is 15.1 Å². The highest BCUT2D eigenvalue weighted by Crippen LogP contribution is 2.19. The van der Waals surface area contributed by atoms with E-state index >= 15 is 0 Å². The molecule has 2 aromatic rings. The van der Waals surface area contributed by atoms with Crippen molar-refractivity contribution < 1.29 is 9.59 Å². The summed E-state index contributed by atoms with van der Waals surface area (Å²) in [6, 6.07) is 17.6. The van der Waals surface area contributed by atoms with Crippen LogP contribution in [0.25, 0.3) is 0 Å². The Morgan fingerprint density at radius 1 is 0.958 bits per heavy atom. The molecule has 0 aliphatic carbocycles. The normalized spacial score (nSPS) is 14.3. The number of nitrogens with zero attached hydrogens (tertiary/aromatic N) is 2. The van der Waals surface area contributed by atoms with Gasteiger partial charge in [-0.15, -0.1) is 0 Å². The first-order chi connectivity index (χ1) is 11.7. The van der Waals surface area contributed by atoms with Crippen molar-refractivity contribution >= 4 is 23.7 Å². The van der Waals surface area contributed by atoms with Crippen molar-refractivity contribution in [2.75, 3.05) is 36.4 Å². The third-order valence-electron chi connectivity index (χ3n) is 4.19. The van der Waals surface area contributed by atoms with Crippen LogP contribution in [-0.2, 0) is 16.0 Å². The monoisotopic (exact) mass is 323 g/mol. The summed E-state index contributed by atoms with van der Waals surface area (Å²) >= 11 is 0. The standard InChI is InChI=1S/C19H21N3O2/c23-15-21-10-12-22(13-11-21)18-8-6-17(7-9-18)20-19(24)14-16-4-2-1-3-5-16/h1-9,15H,10-14H2,(H,20,24). The summed E-state index contributed by atoms with van der Waals surface area (Å²) in [7, 11) is 0. The number of rotatable bonds is 5. The first-order valence-corrected chi connectivity index (χ1v) is 8.13. The second-order valence-electron chi connectivity index (χ2n) is 5.89. The molecule has 0 unspecified atom stereocenters. The maximum Gasteiger partial charge on any atom is 0.228 e. The second-order valence-corrected chi connectivity index (χ2v) is 5.89. The number of amides is 2. The van der Waals surface area contributed by atoms with E-state index in [4.69, 9.17) is 0 Å². The van der Waals surface area contributed by atoms with Crippen LogP contribution in [0, 0.1) is 0 Å². The lowest BCUT2D eigenvalue weighted by Gasteiger charge is -2.34. The van der Waals surface area contributed by atoms with Crippen molar-refractivity contribution in [2.45, 2.75) is 6.42 Å². The van der Waals surface area contributed by atoms with E-state index in [2.05, 4.69) is 10.2 Å². The molecule has 24 heavy (non-hydrogen) atoms. The second kappa shape index (κ2) is 7.64. The molecule has 124 valence electrons. The lowest BCUT2D eigenvalue weighted by molar-refractivity contribution is -0.118. The summed E-state index contributed by atoms with van der Waals surface area (Å²) in [5.41, 5.74) is 2.91. The van der Waals surface area contributed by atoms with Crippen LogP contribution in [0.3, 0.4) is 0 Å². The number of piperazine rings is 1. The Hall–Kier alpha value is -2.82. The Labute approximate surface area is 141 Å². The molecule has 1 N–H and O–H groups in total. The Balaban J connectivity index is 1.55. The van der Waals surface area contributed by atoms with Crippen molar-refractivity contribution in [3.63, 3.8) is 0 Å². The fraction of sp³-hybridized carbons (Fsp3) is 0.263. The zero-order chi connectivity index (χ0) is 16.8. The number of carbonyl (C=O) groups is 2. The molecule has 5 heteroatoms. The van der Waals surface area contributed by atoms with Gasteiger partial charge in [0.25, 0.3) is 0 Å².